The second kappa shape index (κ2) is 8.82. The van der Waals surface area contributed by atoms with E-state index in [4.69, 9.17) is 19.7 Å². The number of aromatic nitrogens is 6. The highest BCUT2D eigenvalue weighted by Gasteiger charge is 2.32. The van der Waals surface area contributed by atoms with Crippen molar-refractivity contribution in [2.45, 2.75) is 25.3 Å². The summed E-state index contributed by atoms with van der Waals surface area (Å²) in [5.74, 6) is 1.82. The van der Waals surface area contributed by atoms with Crippen LogP contribution in [0.4, 0.5) is 0 Å². The first-order chi connectivity index (χ1) is 17.8. The summed E-state index contributed by atoms with van der Waals surface area (Å²) in [5.41, 5.74) is 4.36. The molecule has 0 unspecified atom stereocenters. The molecule has 8 heteroatoms. The molecular weight excluding hydrogens is 452 g/mol. The Morgan fingerprint density at radius 2 is 1.08 bits per heavy atom. The van der Waals surface area contributed by atoms with Crippen molar-refractivity contribution in [1.29, 1.82) is 0 Å². The van der Waals surface area contributed by atoms with Crippen LogP contribution in [0.3, 0.4) is 0 Å². The van der Waals surface area contributed by atoms with Crippen LogP contribution in [-0.4, -0.2) is 32.8 Å². The molecule has 0 saturated carbocycles. The summed E-state index contributed by atoms with van der Waals surface area (Å²) in [6.07, 6.45) is 4.13. The van der Waals surface area contributed by atoms with Crippen LogP contribution >= 0.6 is 0 Å². The molecule has 0 amide bonds. The van der Waals surface area contributed by atoms with Crippen LogP contribution in [0.2, 0.25) is 0 Å². The van der Waals surface area contributed by atoms with Crippen molar-refractivity contribution in [1.82, 2.24) is 19.6 Å². The number of benzene rings is 3. The van der Waals surface area contributed by atoms with E-state index in [1.54, 1.807) is 0 Å². The van der Waals surface area contributed by atoms with Crippen molar-refractivity contribution in [3.63, 3.8) is 0 Å². The van der Waals surface area contributed by atoms with Gasteiger partial charge in [0.05, 0.1) is 13.2 Å². The van der Waals surface area contributed by atoms with E-state index in [1.807, 2.05) is 27.6 Å². The van der Waals surface area contributed by atoms with Gasteiger partial charge in [0.25, 0.3) is 0 Å². The molecule has 0 aliphatic carbocycles. The van der Waals surface area contributed by atoms with Crippen LogP contribution in [0, 0.1) is 0 Å². The maximum Gasteiger partial charge on any atom is 0.304 e. The zero-order valence-corrected chi connectivity index (χ0v) is 19.7. The average Bonchev–Trinajstić information content (AvgIpc) is 3.59. The minimum absolute atomic E-state index is 0.107. The van der Waals surface area contributed by atoms with Crippen molar-refractivity contribution in [2.75, 3.05) is 13.2 Å². The van der Waals surface area contributed by atoms with Crippen molar-refractivity contribution in [3.8, 4) is 11.4 Å². The molecule has 2 aliphatic heterocycles. The second-order valence-corrected chi connectivity index (χ2v) is 9.17. The van der Waals surface area contributed by atoms with Gasteiger partial charge in [0.1, 0.15) is 36.7 Å². The van der Waals surface area contributed by atoms with E-state index in [2.05, 4.69) is 88.5 Å². The van der Waals surface area contributed by atoms with Crippen LogP contribution < -0.4 is 9.13 Å². The Morgan fingerprint density at radius 3 is 1.56 bits per heavy atom. The van der Waals surface area contributed by atoms with Gasteiger partial charge in [-0.3, -0.25) is 0 Å². The molecular formula is C28H26N6O2+2. The molecule has 0 saturated heterocycles. The van der Waals surface area contributed by atoms with Gasteiger partial charge >= 0.3 is 11.6 Å². The normalized spacial score (nSPS) is 19.0. The Bertz CT molecular complexity index is 1400. The first-order valence-electron chi connectivity index (χ1n) is 12.2. The molecule has 2 aliphatic rings. The molecule has 0 bridgehead atoms. The Morgan fingerprint density at radius 1 is 0.611 bits per heavy atom. The summed E-state index contributed by atoms with van der Waals surface area (Å²) >= 11 is 0. The molecule has 7 rings (SSSR count). The topological polar surface area (TPSA) is 61.9 Å². The molecule has 0 spiro atoms. The number of hydrogen-bond acceptors (Lipinski definition) is 4. The highest BCUT2D eigenvalue weighted by Crippen LogP contribution is 2.21. The van der Waals surface area contributed by atoms with Gasteiger partial charge in [0.2, 0.25) is 12.7 Å². The molecule has 178 valence electrons. The quantitative estimate of drug-likeness (QED) is 0.373. The Kier molecular flexibility index (Phi) is 5.18. The minimum atomic E-state index is 0.107. The first kappa shape index (κ1) is 21.2. The summed E-state index contributed by atoms with van der Waals surface area (Å²) in [7, 11) is 0. The van der Waals surface area contributed by atoms with Gasteiger partial charge in [-0.05, 0) is 23.3 Å². The Hall–Kier alpha value is -4.14. The predicted octanol–water partition coefficient (Wildman–Crippen LogP) is 2.87. The van der Waals surface area contributed by atoms with E-state index in [0.717, 1.165) is 23.0 Å². The molecule has 0 fully saturated rings. The lowest BCUT2D eigenvalue weighted by molar-refractivity contribution is -0.734. The third kappa shape index (κ3) is 3.71. The number of hydrogen-bond donors (Lipinski definition) is 0. The second-order valence-electron chi connectivity index (χ2n) is 9.17. The van der Waals surface area contributed by atoms with Crippen molar-refractivity contribution < 1.29 is 18.6 Å². The van der Waals surface area contributed by atoms with Gasteiger partial charge in [-0.2, -0.15) is 0 Å². The fraction of sp³-hybridized carbons (Fsp3) is 0.214. The highest BCUT2D eigenvalue weighted by molar-refractivity contribution is 5.42. The monoisotopic (exact) mass is 478 g/mol. The Labute approximate surface area is 208 Å². The number of rotatable bonds is 4. The fourth-order valence-electron chi connectivity index (χ4n) is 5.08. The van der Waals surface area contributed by atoms with E-state index < -0.39 is 0 Å². The Balaban J connectivity index is 1.23. The van der Waals surface area contributed by atoms with Crippen molar-refractivity contribution in [2.24, 2.45) is 0 Å². The van der Waals surface area contributed by atoms with Crippen molar-refractivity contribution >= 4 is 0 Å². The predicted molar refractivity (Wildman–Crippen MR) is 130 cm³/mol. The minimum Gasteiger partial charge on any atom is -0.366 e. The van der Waals surface area contributed by atoms with Gasteiger partial charge in [-0.15, -0.1) is 0 Å². The summed E-state index contributed by atoms with van der Waals surface area (Å²) in [5, 5.41) is 9.70. The largest absolute Gasteiger partial charge is 0.366 e. The number of nitrogens with zero attached hydrogens (tertiary/aromatic N) is 6. The van der Waals surface area contributed by atoms with Crippen LogP contribution in [0.15, 0.2) is 97.6 Å². The zero-order valence-electron chi connectivity index (χ0n) is 19.7. The average molecular weight is 479 g/mol. The number of ether oxygens (including phenoxy) is 2. The van der Waals surface area contributed by atoms with Crippen LogP contribution in [0.1, 0.15) is 34.9 Å². The summed E-state index contributed by atoms with van der Waals surface area (Å²) in [6.45, 7) is 2.26. The molecule has 0 radical (unpaired) electrons. The first-order valence-corrected chi connectivity index (χ1v) is 12.2. The lowest BCUT2D eigenvalue weighted by Crippen LogP contribution is -2.48. The molecule has 8 nitrogen and oxygen atoms in total. The van der Waals surface area contributed by atoms with Gasteiger partial charge in [0.15, 0.2) is 0 Å². The van der Waals surface area contributed by atoms with E-state index in [-0.39, 0.29) is 12.1 Å². The highest BCUT2D eigenvalue weighted by atomic mass is 16.5. The standard InChI is InChI=1S/C28H26N6O2/c1-3-8-21(9-4-1)25-15-35-17-27-29-33(19-31(25)27)23-12-7-13-24(14-23)34-20-32-26(16-36-18-28(32)30-34)22-10-5-2-6-11-22/h1-14,19-20,25-26H,15-18H2/q+2/t25-,26-/m0/s1. The summed E-state index contributed by atoms with van der Waals surface area (Å²) in [4.78, 5) is 0. The van der Waals surface area contributed by atoms with E-state index in [0.29, 0.717) is 26.4 Å². The lowest BCUT2D eigenvalue weighted by atomic mass is 10.1. The third-order valence-corrected chi connectivity index (χ3v) is 6.92. The van der Waals surface area contributed by atoms with Gasteiger partial charge in [0, 0.05) is 16.3 Å². The van der Waals surface area contributed by atoms with Crippen LogP contribution in [0.5, 0.6) is 0 Å². The van der Waals surface area contributed by atoms with E-state index in [1.165, 1.54) is 11.1 Å². The summed E-state index contributed by atoms with van der Waals surface area (Å²) in [6, 6.07) is 29.4. The van der Waals surface area contributed by atoms with Gasteiger partial charge < -0.3 is 9.47 Å². The smallest absolute Gasteiger partial charge is 0.304 e. The van der Waals surface area contributed by atoms with Gasteiger partial charge in [-0.25, -0.2) is 9.13 Å². The third-order valence-electron chi connectivity index (χ3n) is 6.92. The zero-order chi connectivity index (χ0) is 23.9. The van der Waals surface area contributed by atoms with E-state index in [9.17, 15) is 0 Å². The van der Waals surface area contributed by atoms with Gasteiger partial charge in [-0.1, -0.05) is 76.1 Å². The molecule has 36 heavy (non-hydrogen) atoms. The number of fused-ring (bicyclic) bond motifs is 2. The fourth-order valence-corrected chi connectivity index (χ4v) is 5.08. The molecule has 3 aromatic carbocycles. The molecule has 0 N–H and O–H groups in total. The maximum absolute atomic E-state index is 5.87. The molecule has 4 heterocycles. The molecule has 2 atom stereocenters. The van der Waals surface area contributed by atoms with E-state index >= 15 is 0 Å². The molecule has 5 aromatic rings. The maximum atomic E-state index is 5.87. The molecule has 2 aromatic heterocycles. The SMILES string of the molecule is c1ccc([C@@H]2COCc3nn(-c4cccc(-n5c[n+]6c(n5)COC[C@H]6c5ccccc5)c4)c[n+]32)cc1. The van der Waals surface area contributed by atoms with Crippen molar-refractivity contribution in [3.05, 3.63) is 120 Å². The summed E-state index contributed by atoms with van der Waals surface area (Å²) < 4.78 is 20.0. The lowest BCUT2D eigenvalue weighted by Gasteiger charge is -2.20. The van der Waals surface area contributed by atoms with Crippen LogP contribution in [0.25, 0.3) is 11.4 Å². The van der Waals surface area contributed by atoms with Crippen LogP contribution in [-0.2, 0) is 22.7 Å².